The fourth-order valence-corrected chi connectivity index (χ4v) is 3.87. The molecule has 2 aromatic rings. The number of nitrogens with two attached hydrogens (primary N) is 1. The van der Waals surface area contributed by atoms with Crippen LogP contribution in [0.4, 0.5) is 4.39 Å². The molecule has 5 heteroatoms. The maximum Gasteiger partial charge on any atom is 0.243 e. The number of benzene rings is 2. The monoisotopic (exact) mass is 340 g/mol. The van der Waals surface area contributed by atoms with Crippen LogP contribution in [0, 0.1) is 5.82 Å². The van der Waals surface area contributed by atoms with Gasteiger partial charge < -0.3 is 15.4 Å². The maximum atomic E-state index is 14.0. The van der Waals surface area contributed by atoms with E-state index in [9.17, 15) is 9.18 Å². The van der Waals surface area contributed by atoms with Gasteiger partial charge in [0, 0.05) is 12.1 Å². The molecule has 0 aromatic heterocycles. The first kappa shape index (κ1) is 16.2. The van der Waals surface area contributed by atoms with Crippen LogP contribution in [-0.4, -0.2) is 36.0 Å². The number of fused-ring (bicyclic) bond motifs is 1. The summed E-state index contributed by atoms with van der Waals surface area (Å²) in [5.41, 5.74) is 8.34. The fourth-order valence-electron chi connectivity index (χ4n) is 3.87. The number of amides is 1. The number of halogens is 1. The van der Waals surface area contributed by atoms with E-state index in [0.717, 1.165) is 11.1 Å². The highest BCUT2D eigenvalue weighted by molar-refractivity contribution is 5.88. The van der Waals surface area contributed by atoms with Gasteiger partial charge in [0.1, 0.15) is 17.5 Å². The predicted octanol–water partition coefficient (Wildman–Crippen LogP) is 2.22. The molecule has 1 amide bonds. The highest BCUT2D eigenvalue weighted by Crippen LogP contribution is 2.32. The van der Waals surface area contributed by atoms with Crippen molar-refractivity contribution < 1.29 is 13.9 Å². The number of hydrogen-bond donors (Lipinski definition) is 1. The molecule has 0 spiro atoms. The summed E-state index contributed by atoms with van der Waals surface area (Å²) in [7, 11) is 0. The number of rotatable bonds is 2. The summed E-state index contributed by atoms with van der Waals surface area (Å²) in [4.78, 5) is 14.8. The largest absolute Gasteiger partial charge is 0.370 e. The van der Waals surface area contributed by atoms with Gasteiger partial charge in [-0.05, 0) is 30.0 Å². The van der Waals surface area contributed by atoms with Crippen LogP contribution >= 0.6 is 0 Å². The van der Waals surface area contributed by atoms with E-state index in [0.29, 0.717) is 38.1 Å². The molecule has 4 rings (SSSR count). The van der Waals surface area contributed by atoms with Crippen LogP contribution in [0.25, 0.3) is 0 Å². The SMILES string of the molecule is NC1(C(=O)N2CCO[C@@H](c3ccccc3F)C2)Cc2ccccc2C1. The minimum absolute atomic E-state index is 0.0756. The molecule has 2 aliphatic rings. The van der Waals surface area contributed by atoms with E-state index in [1.807, 2.05) is 24.3 Å². The Hall–Kier alpha value is -2.24. The summed E-state index contributed by atoms with van der Waals surface area (Å²) in [6, 6.07) is 14.5. The summed E-state index contributed by atoms with van der Waals surface area (Å²) in [5.74, 6) is -0.383. The molecule has 0 unspecified atom stereocenters. The molecule has 1 heterocycles. The van der Waals surface area contributed by atoms with Gasteiger partial charge in [-0.1, -0.05) is 42.5 Å². The fraction of sp³-hybridized carbons (Fsp3) is 0.350. The summed E-state index contributed by atoms with van der Waals surface area (Å²) in [5, 5.41) is 0. The topological polar surface area (TPSA) is 55.6 Å². The normalized spacial score (nSPS) is 21.8. The van der Waals surface area contributed by atoms with Crippen LogP contribution in [0.3, 0.4) is 0 Å². The number of carbonyl (C=O) groups is 1. The third kappa shape index (κ3) is 2.94. The molecule has 0 radical (unpaired) electrons. The van der Waals surface area contributed by atoms with Gasteiger partial charge >= 0.3 is 0 Å². The lowest BCUT2D eigenvalue weighted by Gasteiger charge is -2.37. The second kappa shape index (κ2) is 6.24. The Labute approximate surface area is 146 Å². The quantitative estimate of drug-likeness (QED) is 0.912. The van der Waals surface area contributed by atoms with E-state index in [4.69, 9.17) is 10.5 Å². The maximum absolute atomic E-state index is 14.0. The van der Waals surface area contributed by atoms with Gasteiger partial charge in [0.15, 0.2) is 0 Å². The molecule has 0 bridgehead atoms. The van der Waals surface area contributed by atoms with Crippen molar-refractivity contribution in [2.24, 2.45) is 5.73 Å². The summed E-state index contributed by atoms with van der Waals surface area (Å²) in [6.07, 6.45) is 0.638. The lowest BCUT2D eigenvalue weighted by atomic mass is 9.94. The van der Waals surface area contributed by atoms with E-state index in [-0.39, 0.29) is 11.7 Å². The second-order valence-electron chi connectivity index (χ2n) is 6.91. The van der Waals surface area contributed by atoms with E-state index in [2.05, 4.69) is 0 Å². The third-order valence-electron chi connectivity index (χ3n) is 5.16. The highest BCUT2D eigenvalue weighted by atomic mass is 19.1. The van der Waals surface area contributed by atoms with Crippen molar-refractivity contribution in [2.45, 2.75) is 24.5 Å². The molecular formula is C20H21FN2O2. The molecule has 130 valence electrons. The molecule has 1 atom stereocenters. The third-order valence-corrected chi connectivity index (χ3v) is 5.16. The first-order valence-corrected chi connectivity index (χ1v) is 8.58. The Morgan fingerprint density at radius 2 is 1.76 bits per heavy atom. The molecule has 4 nitrogen and oxygen atoms in total. The average Bonchev–Trinajstić information content (AvgIpc) is 2.99. The van der Waals surface area contributed by atoms with E-state index in [1.54, 1.807) is 23.1 Å². The lowest BCUT2D eigenvalue weighted by Crippen LogP contribution is -2.58. The zero-order valence-electron chi connectivity index (χ0n) is 14.0. The van der Waals surface area contributed by atoms with Gasteiger partial charge in [0.2, 0.25) is 5.91 Å². The Morgan fingerprint density at radius 3 is 2.44 bits per heavy atom. The Kier molecular flexibility index (Phi) is 4.06. The van der Waals surface area contributed by atoms with Crippen molar-refractivity contribution in [3.63, 3.8) is 0 Å². The van der Waals surface area contributed by atoms with Crippen molar-refractivity contribution >= 4 is 5.91 Å². The molecule has 2 N–H and O–H groups in total. The highest BCUT2D eigenvalue weighted by Gasteiger charge is 2.43. The molecular weight excluding hydrogens is 319 g/mol. The van der Waals surface area contributed by atoms with Crippen LogP contribution in [0.2, 0.25) is 0 Å². The predicted molar refractivity (Wildman–Crippen MR) is 92.4 cm³/mol. The van der Waals surface area contributed by atoms with Crippen molar-refractivity contribution in [2.75, 3.05) is 19.7 Å². The van der Waals surface area contributed by atoms with Crippen LogP contribution in [0.5, 0.6) is 0 Å². The Bertz CT molecular complexity index is 783. The van der Waals surface area contributed by atoms with Crippen molar-refractivity contribution in [1.82, 2.24) is 4.90 Å². The van der Waals surface area contributed by atoms with Gasteiger partial charge in [-0.2, -0.15) is 0 Å². The Morgan fingerprint density at radius 1 is 1.12 bits per heavy atom. The molecule has 2 aromatic carbocycles. The van der Waals surface area contributed by atoms with Crippen LogP contribution in [-0.2, 0) is 22.4 Å². The zero-order chi connectivity index (χ0) is 17.4. The van der Waals surface area contributed by atoms with Gasteiger partial charge in [-0.15, -0.1) is 0 Å². The summed E-state index contributed by atoms with van der Waals surface area (Å²) in [6.45, 7) is 1.20. The minimum atomic E-state index is -0.916. The van der Waals surface area contributed by atoms with Crippen LogP contribution in [0.15, 0.2) is 48.5 Å². The minimum Gasteiger partial charge on any atom is -0.370 e. The summed E-state index contributed by atoms with van der Waals surface area (Å²) >= 11 is 0. The van der Waals surface area contributed by atoms with Crippen molar-refractivity contribution in [1.29, 1.82) is 0 Å². The van der Waals surface area contributed by atoms with Gasteiger partial charge in [0.25, 0.3) is 0 Å². The number of morpholine rings is 1. The van der Waals surface area contributed by atoms with Crippen molar-refractivity contribution in [3.8, 4) is 0 Å². The lowest BCUT2D eigenvalue weighted by molar-refractivity contribution is -0.144. The van der Waals surface area contributed by atoms with Crippen LogP contribution < -0.4 is 5.73 Å². The standard InChI is InChI=1S/C20H21FN2O2/c21-17-8-4-3-7-16(17)18-13-23(9-10-25-18)19(24)20(22)11-14-5-1-2-6-15(14)12-20/h1-8,18H,9-13,22H2/t18-/m1/s1. The van der Waals surface area contributed by atoms with Crippen LogP contribution in [0.1, 0.15) is 22.8 Å². The van der Waals surface area contributed by atoms with Gasteiger partial charge in [-0.25, -0.2) is 4.39 Å². The first-order valence-electron chi connectivity index (χ1n) is 8.58. The second-order valence-corrected chi connectivity index (χ2v) is 6.91. The first-order chi connectivity index (χ1) is 12.1. The number of ether oxygens (including phenoxy) is 1. The molecule has 1 aliphatic carbocycles. The molecule has 1 saturated heterocycles. The van der Waals surface area contributed by atoms with Gasteiger partial charge in [0.05, 0.1) is 13.2 Å². The Balaban J connectivity index is 1.52. The van der Waals surface area contributed by atoms with Crippen molar-refractivity contribution in [3.05, 3.63) is 71.0 Å². The molecule has 0 saturated carbocycles. The summed E-state index contributed by atoms with van der Waals surface area (Å²) < 4.78 is 19.8. The zero-order valence-corrected chi connectivity index (χ0v) is 14.0. The average molecular weight is 340 g/mol. The van der Waals surface area contributed by atoms with Gasteiger partial charge in [-0.3, -0.25) is 4.79 Å². The number of carbonyl (C=O) groups excluding carboxylic acids is 1. The molecule has 25 heavy (non-hydrogen) atoms. The number of nitrogens with zero attached hydrogens (tertiary/aromatic N) is 1. The molecule has 1 aliphatic heterocycles. The van der Waals surface area contributed by atoms with E-state index in [1.165, 1.54) is 6.07 Å². The number of hydrogen-bond acceptors (Lipinski definition) is 3. The smallest absolute Gasteiger partial charge is 0.243 e. The molecule has 1 fully saturated rings. The van der Waals surface area contributed by atoms with E-state index >= 15 is 0 Å². The van der Waals surface area contributed by atoms with E-state index < -0.39 is 11.6 Å².